The molecule has 0 spiro atoms. The van der Waals surface area contributed by atoms with E-state index in [2.05, 4.69) is 37.1 Å². The Labute approximate surface area is 190 Å². The van der Waals surface area contributed by atoms with Gasteiger partial charge < -0.3 is 10.0 Å². The van der Waals surface area contributed by atoms with E-state index < -0.39 is 6.17 Å². The van der Waals surface area contributed by atoms with E-state index in [1.54, 1.807) is 18.3 Å². The molecule has 2 aliphatic carbocycles. The maximum absolute atomic E-state index is 14.9. The Bertz CT molecular complexity index is 1170. The molecular weight excluding hydrogens is 423 g/mol. The normalized spacial score (nSPS) is 22.6. The van der Waals surface area contributed by atoms with Gasteiger partial charge in [-0.2, -0.15) is 5.26 Å². The smallest absolute Gasteiger partial charge is 0.252 e. The highest BCUT2D eigenvalue weighted by molar-refractivity contribution is 5.66. The number of anilines is 1. The lowest BCUT2D eigenvalue weighted by Crippen LogP contribution is -2.47. The van der Waals surface area contributed by atoms with Gasteiger partial charge in [0, 0.05) is 12.1 Å². The monoisotopic (exact) mass is 448 g/mol. The summed E-state index contributed by atoms with van der Waals surface area (Å²) in [6.07, 6.45) is 7.64. The van der Waals surface area contributed by atoms with Crippen LogP contribution < -0.4 is 4.90 Å². The van der Waals surface area contributed by atoms with Gasteiger partial charge in [0.1, 0.15) is 24.3 Å². The summed E-state index contributed by atoms with van der Waals surface area (Å²) < 4.78 is 16.3. The van der Waals surface area contributed by atoms with Crippen LogP contribution in [0.3, 0.4) is 0 Å². The third kappa shape index (κ3) is 4.23. The van der Waals surface area contributed by atoms with Gasteiger partial charge in [-0.1, -0.05) is 13.3 Å². The molecule has 0 unspecified atom stereocenters. The van der Waals surface area contributed by atoms with Crippen LogP contribution in [0.15, 0.2) is 30.7 Å². The number of halogens is 1. The number of rotatable bonds is 6. The number of alkyl halides is 1. The van der Waals surface area contributed by atoms with Crippen molar-refractivity contribution in [2.75, 3.05) is 4.90 Å². The first kappa shape index (κ1) is 21.2. The number of nitriles is 1. The quantitative estimate of drug-likeness (QED) is 0.608. The summed E-state index contributed by atoms with van der Waals surface area (Å²) in [5, 5.41) is 32.1. The molecule has 0 amide bonds. The Kier molecular flexibility index (Phi) is 5.62. The van der Waals surface area contributed by atoms with Crippen LogP contribution in [-0.4, -0.2) is 53.3 Å². The molecule has 2 heterocycles. The maximum Gasteiger partial charge on any atom is 0.252 e. The molecule has 170 valence electrons. The van der Waals surface area contributed by atoms with E-state index >= 15 is 0 Å². The van der Waals surface area contributed by atoms with Gasteiger partial charge in [-0.25, -0.2) is 19.0 Å². The number of benzene rings is 1. The van der Waals surface area contributed by atoms with Gasteiger partial charge in [0.15, 0.2) is 11.6 Å². The minimum Gasteiger partial charge on any atom is -0.507 e. The van der Waals surface area contributed by atoms with E-state index in [0.29, 0.717) is 35.4 Å². The van der Waals surface area contributed by atoms with Crippen LogP contribution in [-0.2, 0) is 0 Å². The molecule has 0 bridgehead atoms. The standard InChI is InChI=1S/C23H25FN8O/c1-2-14-3-8-18(24)19(9-14)32(15-4-5-15)22-12-26-23(29-28-22)17-7-6-16(10-20(17)33)31-13-27-21(11-25)30-31/h6-7,10,12-15,18-19,33H,2-5,8-9H2,1H3/t14-,18+,19-/m1/s1. The largest absolute Gasteiger partial charge is 0.507 e. The molecule has 0 aliphatic heterocycles. The van der Waals surface area contributed by atoms with Crippen molar-refractivity contribution in [1.82, 2.24) is 29.9 Å². The molecule has 10 heteroatoms. The van der Waals surface area contributed by atoms with Gasteiger partial charge in [-0.05, 0) is 50.2 Å². The van der Waals surface area contributed by atoms with Gasteiger partial charge in [-0.15, -0.1) is 15.3 Å². The number of phenolic OH excluding ortho intramolecular Hbond substituents is 1. The molecule has 1 N–H and O–H groups in total. The molecule has 1 aromatic carbocycles. The Hall–Kier alpha value is -3.61. The first-order chi connectivity index (χ1) is 16.1. The predicted molar refractivity (Wildman–Crippen MR) is 118 cm³/mol. The molecule has 9 nitrogen and oxygen atoms in total. The first-order valence-electron chi connectivity index (χ1n) is 11.3. The van der Waals surface area contributed by atoms with Crippen LogP contribution >= 0.6 is 0 Å². The van der Waals surface area contributed by atoms with Crippen molar-refractivity contribution in [1.29, 1.82) is 5.26 Å². The van der Waals surface area contributed by atoms with Crippen LogP contribution in [0.2, 0.25) is 0 Å². The Morgan fingerprint density at radius 1 is 1.21 bits per heavy atom. The summed E-state index contributed by atoms with van der Waals surface area (Å²) in [5.74, 6) is 1.40. The zero-order chi connectivity index (χ0) is 22.9. The van der Waals surface area contributed by atoms with Gasteiger partial charge in [-0.3, -0.25) is 0 Å². The second-order valence-corrected chi connectivity index (χ2v) is 8.78. The number of phenols is 1. The summed E-state index contributed by atoms with van der Waals surface area (Å²) in [6, 6.07) is 6.86. The maximum atomic E-state index is 14.9. The fraction of sp³-hybridized carbons (Fsp3) is 0.478. The topological polar surface area (TPSA) is 117 Å². The highest BCUT2D eigenvalue weighted by Crippen LogP contribution is 2.40. The third-order valence-electron chi connectivity index (χ3n) is 6.61. The van der Waals surface area contributed by atoms with Crippen LogP contribution in [0.1, 0.15) is 51.3 Å². The van der Waals surface area contributed by atoms with E-state index in [4.69, 9.17) is 5.26 Å². The van der Waals surface area contributed by atoms with E-state index in [-0.39, 0.29) is 23.4 Å². The Morgan fingerprint density at radius 2 is 2.06 bits per heavy atom. The van der Waals surface area contributed by atoms with E-state index in [1.807, 2.05) is 6.07 Å². The van der Waals surface area contributed by atoms with Gasteiger partial charge in [0.05, 0.1) is 23.5 Å². The predicted octanol–water partition coefficient (Wildman–Crippen LogP) is 3.58. The van der Waals surface area contributed by atoms with Crippen LogP contribution in [0.5, 0.6) is 5.75 Å². The van der Waals surface area contributed by atoms with Crippen molar-refractivity contribution >= 4 is 5.82 Å². The molecule has 2 saturated carbocycles. The number of aromatic nitrogens is 6. The van der Waals surface area contributed by atoms with Crippen LogP contribution in [0.25, 0.3) is 17.1 Å². The van der Waals surface area contributed by atoms with Crippen molar-refractivity contribution in [3.8, 4) is 28.9 Å². The summed E-state index contributed by atoms with van der Waals surface area (Å²) in [7, 11) is 0. The highest BCUT2D eigenvalue weighted by atomic mass is 19.1. The van der Waals surface area contributed by atoms with Crippen molar-refractivity contribution < 1.29 is 9.50 Å². The molecule has 2 aromatic heterocycles. The first-order valence-corrected chi connectivity index (χ1v) is 11.3. The van der Waals surface area contributed by atoms with E-state index in [9.17, 15) is 9.50 Å². The average molecular weight is 449 g/mol. The summed E-state index contributed by atoms with van der Waals surface area (Å²) in [6.45, 7) is 2.17. The van der Waals surface area contributed by atoms with Crippen molar-refractivity contribution in [3.05, 3.63) is 36.5 Å². The minimum absolute atomic E-state index is 0.0423. The zero-order valence-corrected chi connectivity index (χ0v) is 18.3. The molecule has 3 aromatic rings. The second kappa shape index (κ2) is 8.73. The average Bonchev–Trinajstić information content (AvgIpc) is 3.55. The summed E-state index contributed by atoms with van der Waals surface area (Å²) in [5.41, 5.74) is 0.968. The number of hydrogen-bond acceptors (Lipinski definition) is 8. The van der Waals surface area contributed by atoms with Crippen molar-refractivity contribution in [2.45, 2.75) is 63.7 Å². The SMILES string of the molecule is CC[C@@H]1CC[C@H](F)[C@H](N(c2cnc(-c3ccc(-n4cnc(C#N)n4)cc3O)nn2)C2CC2)C1. The van der Waals surface area contributed by atoms with Crippen molar-refractivity contribution in [2.24, 2.45) is 5.92 Å². The fourth-order valence-corrected chi connectivity index (χ4v) is 4.63. The highest BCUT2D eigenvalue weighted by Gasteiger charge is 2.41. The number of nitrogens with zero attached hydrogens (tertiary/aromatic N) is 8. The lowest BCUT2D eigenvalue weighted by atomic mass is 9.82. The molecule has 2 aliphatic rings. The van der Waals surface area contributed by atoms with Crippen LogP contribution in [0.4, 0.5) is 10.2 Å². The second-order valence-electron chi connectivity index (χ2n) is 8.78. The van der Waals surface area contributed by atoms with Crippen LogP contribution in [0, 0.1) is 17.2 Å². The zero-order valence-electron chi connectivity index (χ0n) is 18.3. The molecule has 0 radical (unpaired) electrons. The number of hydrogen-bond donors (Lipinski definition) is 1. The summed E-state index contributed by atoms with van der Waals surface area (Å²) >= 11 is 0. The molecule has 3 atom stereocenters. The molecule has 33 heavy (non-hydrogen) atoms. The molecule has 0 saturated heterocycles. The third-order valence-corrected chi connectivity index (χ3v) is 6.61. The fourth-order valence-electron chi connectivity index (χ4n) is 4.63. The van der Waals surface area contributed by atoms with E-state index in [1.165, 1.54) is 17.1 Å². The Morgan fingerprint density at radius 3 is 2.70 bits per heavy atom. The minimum atomic E-state index is -0.871. The van der Waals surface area contributed by atoms with Gasteiger partial charge in [0.2, 0.25) is 0 Å². The number of aromatic hydroxyl groups is 1. The van der Waals surface area contributed by atoms with E-state index in [0.717, 1.165) is 32.1 Å². The lowest BCUT2D eigenvalue weighted by Gasteiger charge is -2.40. The van der Waals surface area contributed by atoms with Gasteiger partial charge >= 0.3 is 0 Å². The molecule has 2 fully saturated rings. The summed E-state index contributed by atoms with van der Waals surface area (Å²) in [4.78, 5) is 10.4. The van der Waals surface area contributed by atoms with Gasteiger partial charge in [0.25, 0.3) is 5.82 Å². The molecular formula is C23H25FN8O. The lowest BCUT2D eigenvalue weighted by molar-refractivity contribution is 0.166. The molecule has 5 rings (SSSR count). The van der Waals surface area contributed by atoms with Crippen molar-refractivity contribution in [3.63, 3.8) is 0 Å². The Balaban J connectivity index is 1.39.